The van der Waals surface area contributed by atoms with Crippen molar-refractivity contribution in [2.45, 2.75) is 33.6 Å². The van der Waals surface area contributed by atoms with Gasteiger partial charge in [0.05, 0.1) is 0 Å². The Labute approximate surface area is 146 Å². The minimum atomic E-state index is -3.50. The van der Waals surface area contributed by atoms with Crippen molar-refractivity contribution < 1.29 is 16.8 Å². The molecule has 0 aliphatic carbocycles. The fraction of sp³-hybridized carbons (Fsp3) is 1.00. The average Bonchev–Trinajstić information content (AvgIpc) is 2.56. The number of rotatable bonds is 6. The molecular formula is C14H30N4O4S2. The lowest BCUT2D eigenvalue weighted by molar-refractivity contribution is 0.222. The first-order chi connectivity index (χ1) is 11.2. The lowest BCUT2D eigenvalue weighted by Gasteiger charge is -2.39. The standard InChI is InChI=1S/C14H30N4O4S2/c1-4-15(5-2)23(19,20)16-9-11-17(12-10-16)24(21,22)18-8-6-7-14(3)13-18/h14H,4-13H2,1-3H3/t14-/m0/s1. The van der Waals surface area contributed by atoms with Gasteiger partial charge in [0.25, 0.3) is 20.4 Å². The molecule has 8 nitrogen and oxygen atoms in total. The number of piperidine rings is 1. The van der Waals surface area contributed by atoms with E-state index in [1.54, 1.807) is 18.2 Å². The summed E-state index contributed by atoms with van der Waals surface area (Å²) in [5, 5.41) is 0. The van der Waals surface area contributed by atoms with E-state index in [2.05, 4.69) is 6.92 Å². The van der Waals surface area contributed by atoms with Crippen molar-refractivity contribution in [3.05, 3.63) is 0 Å². The third kappa shape index (κ3) is 4.10. The Kier molecular flexibility index (Phi) is 6.65. The first-order valence-electron chi connectivity index (χ1n) is 8.73. The molecule has 2 aliphatic heterocycles. The molecule has 0 unspecified atom stereocenters. The predicted octanol–water partition coefficient (Wildman–Crippen LogP) is 0.167. The highest BCUT2D eigenvalue weighted by atomic mass is 32.2. The van der Waals surface area contributed by atoms with Gasteiger partial charge in [-0.15, -0.1) is 0 Å². The van der Waals surface area contributed by atoms with Crippen LogP contribution in [0.5, 0.6) is 0 Å². The van der Waals surface area contributed by atoms with Gasteiger partial charge in [0.2, 0.25) is 0 Å². The van der Waals surface area contributed by atoms with Crippen molar-refractivity contribution in [3.63, 3.8) is 0 Å². The average molecular weight is 383 g/mol. The van der Waals surface area contributed by atoms with E-state index < -0.39 is 20.4 Å². The van der Waals surface area contributed by atoms with Crippen LogP contribution in [0, 0.1) is 5.92 Å². The van der Waals surface area contributed by atoms with Crippen LogP contribution in [0.1, 0.15) is 33.6 Å². The SMILES string of the molecule is CCN(CC)S(=O)(=O)N1CCN(S(=O)(=O)N2CCC[C@H](C)C2)CC1. The Hall–Kier alpha value is -0.260. The molecule has 1 atom stereocenters. The van der Waals surface area contributed by atoms with E-state index in [1.165, 1.54) is 12.9 Å². The van der Waals surface area contributed by atoms with Crippen LogP contribution in [0.2, 0.25) is 0 Å². The van der Waals surface area contributed by atoms with Crippen molar-refractivity contribution in [1.29, 1.82) is 0 Å². The maximum absolute atomic E-state index is 12.8. The molecule has 0 bridgehead atoms. The van der Waals surface area contributed by atoms with E-state index in [1.807, 2.05) is 0 Å². The second-order valence-electron chi connectivity index (χ2n) is 6.50. The zero-order valence-corrected chi connectivity index (χ0v) is 16.5. The Bertz CT molecular complexity index is 611. The number of piperazine rings is 1. The van der Waals surface area contributed by atoms with E-state index in [0.29, 0.717) is 32.1 Å². The van der Waals surface area contributed by atoms with Crippen LogP contribution in [0.25, 0.3) is 0 Å². The molecule has 0 N–H and O–H groups in total. The third-order valence-electron chi connectivity index (χ3n) is 4.83. The van der Waals surface area contributed by atoms with E-state index in [0.717, 1.165) is 12.8 Å². The fourth-order valence-electron chi connectivity index (χ4n) is 3.36. The highest BCUT2D eigenvalue weighted by Crippen LogP contribution is 2.22. The van der Waals surface area contributed by atoms with Crippen LogP contribution in [0.15, 0.2) is 0 Å². The van der Waals surface area contributed by atoms with Gasteiger partial charge >= 0.3 is 0 Å². The monoisotopic (exact) mass is 382 g/mol. The molecule has 0 spiro atoms. The first kappa shape index (κ1) is 20.1. The molecule has 0 aromatic carbocycles. The zero-order valence-electron chi connectivity index (χ0n) is 14.9. The van der Waals surface area contributed by atoms with Gasteiger partial charge in [-0.2, -0.15) is 34.1 Å². The molecule has 2 saturated heterocycles. The van der Waals surface area contributed by atoms with E-state index in [4.69, 9.17) is 0 Å². The fourth-order valence-corrected chi connectivity index (χ4v) is 6.72. The maximum Gasteiger partial charge on any atom is 0.282 e. The van der Waals surface area contributed by atoms with E-state index in [-0.39, 0.29) is 26.2 Å². The van der Waals surface area contributed by atoms with Gasteiger partial charge in [-0.25, -0.2) is 0 Å². The van der Waals surface area contributed by atoms with Gasteiger partial charge < -0.3 is 0 Å². The zero-order chi connectivity index (χ0) is 18.0. The van der Waals surface area contributed by atoms with Crippen LogP contribution >= 0.6 is 0 Å². The normalized spacial score (nSPS) is 26.1. The molecule has 10 heteroatoms. The third-order valence-corrected chi connectivity index (χ3v) is 9.02. The van der Waals surface area contributed by atoms with Gasteiger partial charge in [0.1, 0.15) is 0 Å². The highest BCUT2D eigenvalue weighted by Gasteiger charge is 2.37. The summed E-state index contributed by atoms with van der Waals surface area (Å²) in [4.78, 5) is 0. The summed E-state index contributed by atoms with van der Waals surface area (Å²) >= 11 is 0. The molecule has 0 aromatic heterocycles. The quantitative estimate of drug-likeness (QED) is 0.656. The summed E-state index contributed by atoms with van der Waals surface area (Å²) in [5.74, 6) is 0.373. The Balaban J connectivity index is 2.02. The Morgan fingerprint density at radius 3 is 1.92 bits per heavy atom. The molecule has 0 saturated carbocycles. The summed E-state index contributed by atoms with van der Waals surface area (Å²) in [6, 6.07) is 0. The number of hydrogen-bond acceptors (Lipinski definition) is 4. The van der Waals surface area contributed by atoms with Gasteiger partial charge in [0, 0.05) is 52.4 Å². The van der Waals surface area contributed by atoms with E-state index in [9.17, 15) is 16.8 Å². The molecular weight excluding hydrogens is 352 g/mol. The highest BCUT2D eigenvalue weighted by molar-refractivity contribution is 7.87. The largest absolute Gasteiger partial charge is 0.282 e. The topological polar surface area (TPSA) is 81.2 Å². The molecule has 0 amide bonds. The summed E-state index contributed by atoms with van der Waals surface area (Å²) in [5.41, 5.74) is 0. The molecule has 0 aromatic rings. The van der Waals surface area contributed by atoms with Gasteiger partial charge in [-0.1, -0.05) is 20.8 Å². The summed E-state index contributed by atoms with van der Waals surface area (Å²) < 4.78 is 56.4. The number of hydrogen-bond donors (Lipinski definition) is 0. The first-order valence-corrected chi connectivity index (χ1v) is 11.5. The van der Waals surface area contributed by atoms with Gasteiger partial charge in [0.15, 0.2) is 0 Å². The minimum Gasteiger partial charge on any atom is -0.195 e. The molecule has 142 valence electrons. The molecule has 2 aliphatic rings. The predicted molar refractivity (Wildman–Crippen MR) is 93.9 cm³/mol. The van der Waals surface area contributed by atoms with Crippen molar-refractivity contribution in [2.75, 3.05) is 52.4 Å². The van der Waals surface area contributed by atoms with Crippen LogP contribution in [0.3, 0.4) is 0 Å². The summed E-state index contributed by atoms with van der Waals surface area (Å²) in [6.45, 7) is 8.48. The lowest BCUT2D eigenvalue weighted by atomic mass is 10.0. The van der Waals surface area contributed by atoms with Crippen LogP contribution in [0.4, 0.5) is 0 Å². The lowest BCUT2D eigenvalue weighted by Crippen LogP contribution is -2.57. The second-order valence-corrected chi connectivity index (χ2v) is 10.4. The molecule has 24 heavy (non-hydrogen) atoms. The molecule has 0 radical (unpaired) electrons. The van der Waals surface area contributed by atoms with Gasteiger partial charge in [-0.3, -0.25) is 0 Å². The smallest absolute Gasteiger partial charge is 0.195 e. The molecule has 2 heterocycles. The number of nitrogens with zero attached hydrogens (tertiary/aromatic N) is 4. The Morgan fingerprint density at radius 1 is 0.875 bits per heavy atom. The van der Waals surface area contributed by atoms with E-state index >= 15 is 0 Å². The van der Waals surface area contributed by atoms with Crippen molar-refractivity contribution in [1.82, 2.24) is 17.2 Å². The molecule has 2 fully saturated rings. The van der Waals surface area contributed by atoms with Crippen LogP contribution in [-0.4, -0.2) is 86.4 Å². The van der Waals surface area contributed by atoms with Crippen LogP contribution < -0.4 is 0 Å². The summed E-state index contributed by atoms with van der Waals surface area (Å²) in [7, 11) is -6.98. The van der Waals surface area contributed by atoms with Gasteiger partial charge in [-0.05, 0) is 18.8 Å². The summed E-state index contributed by atoms with van der Waals surface area (Å²) in [6.07, 6.45) is 1.94. The Morgan fingerprint density at radius 2 is 1.42 bits per heavy atom. The second kappa shape index (κ2) is 7.96. The van der Waals surface area contributed by atoms with Crippen molar-refractivity contribution in [3.8, 4) is 0 Å². The van der Waals surface area contributed by atoms with Crippen molar-refractivity contribution in [2.24, 2.45) is 5.92 Å². The van der Waals surface area contributed by atoms with Crippen LogP contribution in [-0.2, 0) is 20.4 Å². The maximum atomic E-state index is 12.8. The van der Waals surface area contributed by atoms with Crippen molar-refractivity contribution >= 4 is 20.4 Å². The molecule has 2 rings (SSSR count). The minimum absolute atomic E-state index is 0.210.